The summed E-state index contributed by atoms with van der Waals surface area (Å²) in [6.45, 7) is 3.16. The number of carbonyl (C=O) groups is 1. The van der Waals surface area contributed by atoms with Gasteiger partial charge in [0.25, 0.3) is 0 Å². The van der Waals surface area contributed by atoms with Gasteiger partial charge in [-0.2, -0.15) is 5.10 Å². The van der Waals surface area contributed by atoms with Gasteiger partial charge in [0.05, 0.1) is 4.92 Å². The fourth-order valence-electron chi connectivity index (χ4n) is 1.20. The standard InChI is InChI=1S/C8H11N3O4/c1-5(2)8-6(11(14)15)3-10(9-8)4-7(12)13/h3,5H,4H2,1-2H3,(H,12,13). The molecule has 0 aromatic carbocycles. The van der Waals surface area contributed by atoms with E-state index < -0.39 is 10.9 Å². The zero-order valence-electron chi connectivity index (χ0n) is 8.38. The van der Waals surface area contributed by atoms with Crippen LogP contribution < -0.4 is 0 Å². The zero-order chi connectivity index (χ0) is 11.6. The Hall–Kier alpha value is -1.92. The number of carboxylic acid groups (broad SMARTS) is 1. The molecule has 0 unspecified atom stereocenters. The van der Waals surface area contributed by atoms with E-state index in [1.54, 1.807) is 13.8 Å². The maximum absolute atomic E-state index is 10.6. The maximum Gasteiger partial charge on any atom is 0.325 e. The first kappa shape index (κ1) is 11.2. The summed E-state index contributed by atoms with van der Waals surface area (Å²) in [5.41, 5.74) is 0.174. The molecule has 1 aromatic heterocycles. The summed E-state index contributed by atoms with van der Waals surface area (Å²) < 4.78 is 1.07. The summed E-state index contributed by atoms with van der Waals surface area (Å²) in [7, 11) is 0. The van der Waals surface area contributed by atoms with Crippen LogP contribution in [0.15, 0.2) is 6.20 Å². The predicted molar refractivity (Wildman–Crippen MR) is 50.6 cm³/mol. The van der Waals surface area contributed by atoms with Gasteiger partial charge in [0.2, 0.25) is 0 Å². The van der Waals surface area contributed by atoms with E-state index >= 15 is 0 Å². The van der Waals surface area contributed by atoms with Crippen molar-refractivity contribution in [2.75, 3.05) is 0 Å². The van der Waals surface area contributed by atoms with Crippen LogP contribution >= 0.6 is 0 Å². The van der Waals surface area contributed by atoms with E-state index in [0.29, 0.717) is 5.69 Å². The molecule has 0 atom stereocenters. The van der Waals surface area contributed by atoms with E-state index in [9.17, 15) is 14.9 Å². The van der Waals surface area contributed by atoms with E-state index in [-0.39, 0.29) is 18.2 Å². The molecule has 0 bridgehead atoms. The van der Waals surface area contributed by atoms with Crippen molar-refractivity contribution in [3.63, 3.8) is 0 Å². The summed E-state index contributed by atoms with van der Waals surface area (Å²) in [4.78, 5) is 20.5. The molecule has 15 heavy (non-hydrogen) atoms. The van der Waals surface area contributed by atoms with Gasteiger partial charge in [-0.25, -0.2) is 0 Å². The molecule has 7 heteroatoms. The van der Waals surface area contributed by atoms with Crippen LogP contribution in [0.1, 0.15) is 25.5 Å². The van der Waals surface area contributed by atoms with E-state index in [0.717, 1.165) is 10.9 Å². The van der Waals surface area contributed by atoms with Gasteiger partial charge < -0.3 is 5.11 Å². The second-order valence-corrected chi connectivity index (χ2v) is 3.40. The van der Waals surface area contributed by atoms with Crippen molar-refractivity contribution in [1.82, 2.24) is 9.78 Å². The highest BCUT2D eigenvalue weighted by molar-refractivity contribution is 5.66. The van der Waals surface area contributed by atoms with Crippen LogP contribution in [0.2, 0.25) is 0 Å². The summed E-state index contributed by atoms with van der Waals surface area (Å²) in [5.74, 6) is -1.19. The van der Waals surface area contributed by atoms with Crippen molar-refractivity contribution in [2.24, 2.45) is 0 Å². The number of nitrogens with zero attached hydrogens (tertiary/aromatic N) is 3. The Bertz CT molecular complexity index is 397. The van der Waals surface area contributed by atoms with Gasteiger partial charge in [-0.05, 0) is 0 Å². The summed E-state index contributed by atoms with van der Waals surface area (Å²) in [6, 6.07) is 0. The lowest BCUT2D eigenvalue weighted by atomic mass is 10.1. The Morgan fingerprint density at radius 1 is 1.73 bits per heavy atom. The molecule has 0 fully saturated rings. The second-order valence-electron chi connectivity index (χ2n) is 3.40. The lowest BCUT2D eigenvalue weighted by molar-refractivity contribution is -0.385. The number of hydrogen-bond acceptors (Lipinski definition) is 4. The molecule has 0 aliphatic rings. The largest absolute Gasteiger partial charge is 0.480 e. The molecule has 0 amide bonds. The first-order valence-electron chi connectivity index (χ1n) is 4.35. The third-order valence-electron chi connectivity index (χ3n) is 1.81. The number of aromatic nitrogens is 2. The third-order valence-corrected chi connectivity index (χ3v) is 1.81. The molecule has 0 saturated heterocycles. The number of nitro groups is 1. The minimum absolute atomic E-state index is 0.111. The van der Waals surface area contributed by atoms with Crippen LogP contribution in [0, 0.1) is 10.1 Å². The molecular formula is C8H11N3O4. The Kier molecular flexibility index (Phi) is 3.03. The van der Waals surface area contributed by atoms with Gasteiger partial charge in [-0.3, -0.25) is 19.6 Å². The second kappa shape index (κ2) is 4.07. The first-order chi connectivity index (χ1) is 6.91. The normalized spacial score (nSPS) is 10.6. The number of hydrogen-bond donors (Lipinski definition) is 1. The predicted octanol–water partition coefficient (Wildman–Crippen LogP) is 0.999. The fraction of sp³-hybridized carbons (Fsp3) is 0.500. The summed E-state index contributed by atoms with van der Waals surface area (Å²) >= 11 is 0. The van der Waals surface area contributed by atoms with Gasteiger partial charge in [-0.15, -0.1) is 0 Å². The molecule has 0 spiro atoms. The molecule has 0 aliphatic heterocycles. The minimum atomic E-state index is -1.08. The fourth-order valence-corrected chi connectivity index (χ4v) is 1.20. The Morgan fingerprint density at radius 2 is 2.33 bits per heavy atom. The van der Waals surface area contributed by atoms with Gasteiger partial charge >= 0.3 is 11.7 Å². The lowest BCUT2D eigenvalue weighted by Gasteiger charge is -1.98. The quantitative estimate of drug-likeness (QED) is 0.594. The van der Waals surface area contributed by atoms with Crippen LogP contribution in [0.5, 0.6) is 0 Å². The van der Waals surface area contributed by atoms with Crippen molar-refractivity contribution >= 4 is 11.7 Å². The van der Waals surface area contributed by atoms with Gasteiger partial charge in [-0.1, -0.05) is 13.8 Å². The van der Waals surface area contributed by atoms with Crippen molar-refractivity contribution in [1.29, 1.82) is 0 Å². The maximum atomic E-state index is 10.6. The van der Waals surface area contributed by atoms with Crippen molar-refractivity contribution in [3.8, 4) is 0 Å². The highest BCUT2D eigenvalue weighted by Gasteiger charge is 2.22. The van der Waals surface area contributed by atoms with E-state index in [2.05, 4.69) is 5.10 Å². The topological polar surface area (TPSA) is 98.3 Å². The van der Waals surface area contributed by atoms with Crippen molar-refractivity contribution < 1.29 is 14.8 Å². The summed E-state index contributed by atoms with van der Waals surface area (Å²) in [5, 5.41) is 23.0. The van der Waals surface area contributed by atoms with Crippen LogP contribution in [0.3, 0.4) is 0 Å². The lowest BCUT2D eigenvalue weighted by Crippen LogP contribution is -2.09. The molecule has 1 N–H and O–H groups in total. The molecule has 7 nitrogen and oxygen atoms in total. The van der Waals surface area contributed by atoms with Crippen LogP contribution in [0.4, 0.5) is 5.69 Å². The van der Waals surface area contributed by atoms with E-state index in [1.807, 2.05) is 0 Å². The highest BCUT2D eigenvalue weighted by Crippen LogP contribution is 2.24. The molecule has 0 aliphatic carbocycles. The Labute approximate surface area is 85.5 Å². The highest BCUT2D eigenvalue weighted by atomic mass is 16.6. The van der Waals surface area contributed by atoms with Crippen LogP contribution in [-0.4, -0.2) is 25.8 Å². The Balaban J connectivity index is 3.09. The summed E-state index contributed by atoms with van der Waals surface area (Å²) in [6.07, 6.45) is 1.14. The van der Waals surface area contributed by atoms with Gasteiger partial charge in [0.15, 0.2) is 0 Å². The molecule has 1 rings (SSSR count). The SMILES string of the molecule is CC(C)c1nn(CC(=O)O)cc1[N+](=O)[O-]. The molecule has 0 saturated carbocycles. The number of carboxylic acids is 1. The van der Waals surface area contributed by atoms with Gasteiger partial charge in [0.1, 0.15) is 18.4 Å². The average Bonchev–Trinajstić information content (AvgIpc) is 2.46. The third kappa shape index (κ3) is 2.52. The smallest absolute Gasteiger partial charge is 0.325 e. The zero-order valence-corrected chi connectivity index (χ0v) is 8.38. The molecule has 82 valence electrons. The van der Waals surface area contributed by atoms with Gasteiger partial charge in [0, 0.05) is 5.92 Å². The molecule has 1 heterocycles. The van der Waals surface area contributed by atoms with E-state index in [4.69, 9.17) is 5.11 Å². The van der Waals surface area contributed by atoms with Crippen LogP contribution in [0.25, 0.3) is 0 Å². The van der Waals surface area contributed by atoms with Crippen molar-refractivity contribution in [3.05, 3.63) is 22.0 Å². The molecule has 0 radical (unpaired) electrons. The first-order valence-corrected chi connectivity index (χ1v) is 4.35. The molecular weight excluding hydrogens is 202 g/mol. The monoisotopic (exact) mass is 213 g/mol. The number of rotatable bonds is 4. The Morgan fingerprint density at radius 3 is 2.67 bits per heavy atom. The van der Waals surface area contributed by atoms with Crippen molar-refractivity contribution in [2.45, 2.75) is 26.3 Å². The van der Waals surface area contributed by atoms with Crippen LogP contribution in [-0.2, 0) is 11.3 Å². The number of aliphatic carboxylic acids is 1. The minimum Gasteiger partial charge on any atom is -0.480 e. The van der Waals surface area contributed by atoms with E-state index in [1.165, 1.54) is 0 Å². The molecule has 1 aromatic rings. The average molecular weight is 213 g/mol.